The van der Waals surface area contributed by atoms with E-state index in [1.165, 1.54) is 6.07 Å². The van der Waals surface area contributed by atoms with Crippen molar-refractivity contribution in [1.29, 1.82) is 0 Å². The highest BCUT2D eigenvalue weighted by molar-refractivity contribution is 9.11. The second-order valence-corrected chi connectivity index (χ2v) is 7.27. The normalized spacial score (nSPS) is 12.9. The summed E-state index contributed by atoms with van der Waals surface area (Å²) in [6, 6.07) is 4.85. The van der Waals surface area contributed by atoms with E-state index in [-0.39, 0.29) is 23.8 Å². The van der Waals surface area contributed by atoms with E-state index in [0.717, 1.165) is 4.31 Å². The number of likely N-dealkylation sites (N-methyl/N-ethyl adjacent to an activating group) is 1. The quantitative estimate of drug-likeness (QED) is 0.333. The molecular formula is C10H13Br2N3O3S. The number of rotatable bonds is 5. The zero-order valence-corrected chi connectivity index (χ0v) is 14.0. The fourth-order valence-electron chi connectivity index (χ4n) is 1.39. The minimum atomic E-state index is -3.72. The van der Waals surface area contributed by atoms with Crippen molar-refractivity contribution in [2.24, 2.45) is 10.9 Å². The van der Waals surface area contributed by atoms with Gasteiger partial charge in [-0.15, -0.1) is 0 Å². The lowest BCUT2D eigenvalue weighted by Gasteiger charge is -2.20. The Morgan fingerprint density at radius 3 is 2.63 bits per heavy atom. The van der Waals surface area contributed by atoms with Gasteiger partial charge < -0.3 is 10.9 Å². The van der Waals surface area contributed by atoms with Gasteiger partial charge in [0.15, 0.2) is 5.84 Å². The van der Waals surface area contributed by atoms with Crippen molar-refractivity contribution in [1.82, 2.24) is 4.31 Å². The van der Waals surface area contributed by atoms with Crippen LogP contribution in [0.25, 0.3) is 0 Å². The number of hydrogen-bond acceptors (Lipinski definition) is 4. The molecular weight excluding hydrogens is 402 g/mol. The number of halogens is 2. The van der Waals surface area contributed by atoms with Gasteiger partial charge in [0.05, 0.1) is 11.4 Å². The molecule has 0 bridgehead atoms. The lowest BCUT2D eigenvalue weighted by molar-refractivity contribution is 0.315. The van der Waals surface area contributed by atoms with E-state index in [4.69, 9.17) is 10.9 Å². The Balaban J connectivity index is 3.24. The molecule has 0 fully saturated rings. The number of oxime groups is 1. The van der Waals surface area contributed by atoms with Crippen molar-refractivity contribution < 1.29 is 13.6 Å². The van der Waals surface area contributed by atoms with Crippen LogP contribution in [-0.4, -0.2) is 36.9 Å². The summed E-state index contributed by atoms with van der Waals surface area (Å²) in [4.78, 5) is 0.120. The standard InChI is InChI=1S/C10H13Br2N3O3S/c1-2-15(6-10(13)14-16)19(17,18)9-5-7(11)3-4-8(9)12/h3-5,16H,2,6H2,1H3,(H2,13,14). The first-order valence-corrected chi connectivity index (χ1v) is 8.27. The van der Waals surface area contributed by atoms with Crippen molar-refractivity contribution in [3.05, 3.63) is 27.1 Å². The fourth-order valence-corrected chi connectivity index (χ4v) is 4.28. The summed E-state index contributed by atoms with van der Waals surface area (Å²) in [7, 11) is -3.72. The number of hydrogen-bond donors (Lipinski definition) is 2. The molecule has 19 heavy (non-hydrogen) atoms. The van der Waals surface area contributed by atoms with Gasteiger partial charge in [-0.25, -0.2) is 8.42 Å². The third kappa shape index (κ3) is 3.91. The average Bonchev–Trinajstić information content (AvgIpc) is 2.37. The number of sulfonamides is 1. The van der Waals surface area contributed by atoms with Crippen molar-refractivity contribution in [3.63, 3.8) is 0 Å². The number of benzene rings is 1. The molecule has 1 rings (SSSR count). The molecule has 106 valence electrons. The van der Waals surface area contributed by atoms with Crippen LogP contribution in [-0.2, 0) is 10.0 Å². The molecule has 0 unspecified atom stereocenters. The summed E-state index contributed by atoms with van der Waals surface area (Å²) >= 11 is 6.44. The molecule has 3 N–H and O–H groups in total. The van der Waals surface area contributed by atoms with Gasteiger partial charge in [0.2, 0.25) is 10.0 Å². The molecule has 6 nitrogen and oxygen atoms in total. The molecule has 0 amide bonds. The molecule has 0 heterocycles. The lowest BCUT2D eigenvalue weighted by atomic mass is 10.4. The van der Waals surface area contributed by atoms with E-state index < -0.39 is 10.0 Å². The van der Waals surface area contributed by atoms with Gasteiger partial charge in [-0.2, -0.15) is 4.31 Å². The third-order valence-corrected chi connectivity index (χ3v) is 5.74. The molecule has 0 saturated carbocycles. The molecule has 0 aliphatic rings. The second-order valence-electron chi connectivity index (χ2n) is 3.60. The molecule has 0 aromatic heterocycles. The van der Waals surface area contributed by atoms with E-state index >= 15 is 0 Å². The van der Waals surface area contributed by atoms with Crippen LogP contribution in [0.3, 0.4) is 0 Å². The molecule has 0 radical (unpaired) electrons. The Labute approximate surface area is 128 Å². The van der Waals surface area contributed by atoms with E-state index in [0.29, 0.717) is 8.95 Å². The first-order chi connectivity index (χ1) is 8.82. The first kappa shape index (κ1) is 16.4. The van der Waals surface area contributed by atoms with Crippen molar-refractivity contribution >= 4 is 47.7 Å². The Kier molecular flexibility index (Phi) is 5.78. The van der Waals surface area contributed by atoms with Crippen molar-refractivity contribution in [2.75, 3.05) is 13.1 Å². The largest absolute Gasteiger partial charge is 0.409 e. The van der Waals surface area contributed by atoms with E-state index in [2.05, 4.69) is 37.0 Å². The SMILES string of the molecule is CCN(CC(N)=NO)S(=O)(=O)c1cc(Br)ccc1Br. The predicted molar refractivity (Wildman–Crippen MR) is 79.7 cm³/mol. The van der Waals surface area contributed by atoms with Crippen LogP contribution in [0.15, 0.2) is 37.2 Å². The van der Waals surface area contributed by atoms with E-state index in [9.17, 15) is 8.42 Å². The number of amidine groups is 1. The van der Waals surface area contributed by atoms with Gasteiger partial charge in [-0.05, 0) is 34.1 Å². The van der Waals surface area contributed by atoms with Crippen LogP contribution in [0, 0.1) is 0 Å². The van der Waals surface area contributed by atoms with Crippen LogP contribution >= 0.6 is 31.9 Å². The highest BCUT2D eigenvalue weighted by atomic mass is 79.9. The number of nitrogens with zero attached hydrogens (tertiary/aromatic N) is 2. The Morgan fingerprint density at radius 2 is 2.11 bits per heavy atom. The summed E-state index contributed by atoms with van der Waals surface area (Å²) in [5, 5.41) is 11.3. The lowest BCUT2D eigenvalue weighted by Crippen LogP contribution is -2.38. The Bertz CT molecular complexity index is 590. The average molecular weight is 415 g/mol. The van der Waals surface area contributed by atoms with Crippen LogP contribution < -0.4 is 5.73 Å². The van der Waals surface area contributed by atoms with Gasteiger partial charge in [0.1, 0.15) is 0 Å². The molecule has 9 heteroatoms. The van der Waals surface area contributed by atoms with Gasteiger partial charge in [-0.3, -0.25) is 0 Å². The van der Waals surface area contributed by atoms with E-state index in [1.54, 1.807) is 19.1 Å². The van der Waals surface area contributed by atoms with Crippen LogP contribution in [0.4, 0.5) is 0 Å². The monoisotopic (exact) mass is 413 g/mol. The Hall–Kier alpha value is -0.640. The van der Waals surface area contributed by atoms with Gasteiger partial charge >= 0.3 is 0 Å². The highest BCUT2D eigenvalue weighted by Crippen LogP contribution is 2.28. The van der Waals surface area contributed by atoms with Crippen LogP contribution in [0.2, 0.25) is 0 Å². The van der Waals surface area contributed by atoms with Crippen LogP contribution in [0.5, 0.6) is 0 Å². The third-order valence-electron chi connectivity index (χ3n) is 2.33. The van der Waals surface area contributed by atoms with Crippen molar-refractivity contribution in [3.8, 4) is 0 Å². The van der Waals surface area contributed by atoms with Gasteiger partial charge in [0.25, 0.3) is 0 Å². The van der Waals surface area contributed by atoms with Crippen molar-refractivity contribution in [2.45, 2.75) is 11.8 Å². The second kappa shape index (κ2) is 6.69. The van der Waals surface area contributed by atoms with Gasteiger partial charge in [0, 0.05) is 15.5 Å². The smallest absolute Gasteiger partial charge is 0.244 e. The summed E-state index contributed by atoms with van der Waals surface area (Å²) in [6.45, 7) is 1.71. The summed E-state index contributed by atoms with van der Waals surface area (Å²) < 4.78 is 27.2. The first-order valence-electron chi connectivity index (χ1n) is 5.24. The molecule has 0 spiro atoms. The molecule has 1 aromatic carbocycles. The summed E-state index contributed by atoms with van der Waals surface area (Å²) in [6.07, 6.45) is 0. The fraction of sp³-hybridized carbons (Fsp3) is 0.300. The van der Waals surface area contributed by atoms with Gasteiger partial charge in [-0.1, -0.05) is 28.0 Å². The Morgan fingerprint density at radius 1 is 1.47 bits per heavy atom. The maximum Gasteiger partial charge on any atom is 0.244 e. The highest BCUT2D eigenvalue weighted by Gasteiger charge is 2.26. The summed E-state index contributed by atoms with van der Waals surface area (Å²) in [5.74, 6) is -0.170. The predicted octanol–water partition coefficient (Wildman–Crippen LogP) is 1.97. The topological polar surface area (TPSA) is 96.0 Å². The van der Waals surface area contributed by atoms with Crippen LogP contribution in [0.1, 0.15) is 6.92 Å². The zero-order valence-electron chi connectivity index (χ0n) is 10.0. The molecule has 1 aromatic rings. The zero-order chi connectivity index (χ0) is 14.6. The molecule has 0 atom stereocenters. The minimum Gasteiger partial charge on any atom is -0.409 e. The molecule has 0 saturated heterocycles. The maximum absolute atomic E-state index is 12.5. The molecule has 0 aliphatic heterocycles. The summed E-state index contributed by atoms with van der Waals surface area (Å²) in [5.41, 5.74) is 5.37. The minimum absolute atomic E-state index is 0.120. The maximum atomic E-state index is 12.5. The van der Waals surface area contributed by atoms with E-state index in [1.807, 2.05) is 0 Å². The number of nitrogens with two attached hydrogens (primary N) is 1. The molecule has 0 aliphatic carbocycles.